The number of fused-ring (bicyclic) bond motifs is 1. The predicted octanol–water partition coefficient (Wildman–Crippen LogP) is 1.41. The molecule has 2 aromatic rings. The third kappa shape index (κ3) is 4.16. The monoisotopic (exact) mass is 255 g/mol. The quantitative estimate of drug-likeness (QED) is 0.902. The topological polar surface area (TPSA) is 63.5 Å². The zero-order valence-corrected chi connectivity index (χ0v) is 11.0. The van der Waals surface area contributed by atoms with Crippen LogP contribution in [0.4, 0.5) is 0 Å². The minimum absolute atomic E-state index is 0.299. The molecule has 0 bridgehead atoms. The van der Waals surface area contributed by atoms with Crippen LogP contribution < -0.4 is 4.72 Å². The Hall–Kier alpha value is -1.40. The molecule has 0 atom stereocenters. The Morgan fingerprint density at radius 3 is 2.71 bits per heavy atom. The molecule has 2 aromatic heterocycles. The molecule has 94 valence electrons. The second-order valence-corrected chi connectivity index (χ2v) is 5.16. The number of sulfonamides is 1. The van der Waals surface area contributed by atoms with Crippen molar-refractivity contribution in [1.29, 1.82) is 0 Å². The lowest BCUT2D eigenvalue weighted by Crippen LogP contribution is -2.21. The van der Waals surface area contributed by atoms with Crippen LogP contribution in [0.5, 0.6) is 0 Å². The summed E-state index contributed by atoms with van der Waals surface area (Å²) in [6, 6.07) is 3.69. The third-order valence-electron chi connectivity index (χ3n) is 1.99. The van der Waals surface area contributed by atoms with E-state index in [4.69, 9.17) is 0 Å². The maximum Gasteiger partial charge on any atom is 0.209 e. The molecule has 0 fully saturated rings. The summed E-state index contributed by atoms with van der Waals surface area (Å²) in [5.74, 6) is 0. The Morgan fingerprint density at radius 2 is 2.06 bits per heavy atom. The predicted molar refractivity (Wildman–Crippen MR) is 68.2 cm³/mol. The van der Waals surface area contributed by atoms with Crippen LogP contribution >= 0.6 is 0 Å². The lowest BCUT2D eigenvalue weighted by Gasteiger charge is -2.03. The maximum absolute atomic E-state index is 10.9. The smallest absolute Gasteiger partial charge is 0.209 e. The van der Waals surface area contributed by atoms with Gasteiger partial charge in [-0.3, -0.25) is 0 Å². The van der Waals surface area contributed by atoms with E-state index >= 15 is 0 Å². The van der Waals surface area contributed by atoms with Gasteiger partial charge < -0.3 is 4.40 Å². The standard InChI is InChI=1S/C9H11N3O2S.C2H6/c1-15(13,14)11-6-8-2-3-9-10-4-5-12(9)7-8;1-2/h2-5,7,11H,6H2,1H3;1-2H3. The molecule has 0 aliphatic heterocycles. The molecule has 5 nitrogen and oxygen atoms in total. The minimum atomic E-state index is -3.14. The molecule has 0 aliphatic rings. The van der Waals surface area contributed by atoms with Gasteiger partial charge >= 0.3 is 0 Å². The van der Waals surface area contributed by atoms with E-state index in [2.05, 4.69) is 9.71 Å². The van der Waals surface area contributed by atoms with E-state index in [1.54, 1.807) is 6.20 Å². The summed E-state index contributed by atoms with van der Waals surface area (Å²) in [6.07, 6.45) is 6.51. The SMILES string of the molecule is CC.CS(=O)(=O)NCc1ccc2nccn2c1. The average Bonchev–Trinajstić information content (AvgIpc) is 2.75. The van der Waals surface area contributed by atoms with E-state index in [0.717, 1.165) is 17.5 Å². The van der Waals surface area contributed by atoms with Crippen LogP contribution in [0.25, 0.3) is 5.65 Å². The van der Waals surface area contributed by atoms with E-state index < -0.39 is 10.0 Å². The summed E-state index contributed by atoms with van der Waals surface area (Å²) in [6.45, 7) is 4.30. The van der Waals surface area contributed by atoms with Gasteiger partial charge in [-0.1, -0.05) is 19.9 Å². The Kier molecular flexibility index (Phi) is 4.65. The molecule has 17 heavy (non-hydrogen) atoms. The summed E-state index contributed by atoms with van der Waals surface area (Å²) in [7, 11) is -3.14. The number of pyridine rings is 1. The number of rotatable bonds is 3. The fourth-order valence-corrected chi connectivity index (χ4v) is 1.71. The van der Waals surface area contributed by atoms with Gasteiger partial charge in [0.25, 0.3) is 0 Å². The van der Waals surface area contributed by atoms with Crippen LogP contribution in [-0.4, -0.2) is 24.1 Å². The molecule has 1 N–H and O–H groups in total. The number of aromatic nitrogens is 2. The second-order valence-electron chi connectivity index (χ2n) is 3.32. The highest BCUT2D eigenvalue weighted by Crippen LogP contribution is 2.04. The Morgan fingerprint density at radius 1 is 1.35 bits per heavy atom. The highest BCUT2D eigenvalue weighted by molar-refractivity contribution is 7.88. The summed E-state index contributed by atoms with van der Waals surface area (Å²) < 4.78 is 26.1. The van der Waals surface area contributed by atoms with E-state index in [0.29, 0.717) is 6.54 Å². The molecule has 0 saturated carbocycles. The van der Waals surface area contributed by atoms with E-state index in [9.17, 15) is 8.42 Å². The summed E-state index contributed by atoms with van der Waals surface area (Å²) in [5, 5.41) is 0. The number of nitrogens with one attached hydrogen (secondary N) is 1. The molecule has 0 saturated heterocycles. The number of hydrogen-bond acceptors (Lipinski definition) is 3. The molecular formula is C11H17N3O2S. The summed E-state index contributed by atoms with van der Waals surface area (Å²) in [4.78, 5) is 4.09. The molecule has 0 spiro atoms. The van der Waals surface area contributed by atoms with Crippen molar-refractivity contribution in [2.45, 2.75) is 20.4 Å². The van der Waals surface area contributed by atoms with Crippen molar-refractivity contribution in [3.63, 3.8) is 0 Å². The van der Waals surface area contributed by atoms with E-state index in [1.807, 2.05) is 42.8 Å². The molecule has 0 radical (unpaired) electrons. The van der Waals surface area contributed by atoms with Crippen LogP contribution in [-0.2, 0) is 16.6 Å². The lowest BCUT2D eigenvalue weighted by molar-refractivity contribution is 0.587. The number of nitrogens with zero attached hydrogens (tertiary/aromatic N) is 2. The maximum atomic E-state index is 10.9. The number of imidazole rings is 1. The van der Waals surface area contributed by atoms with Gasteiger partial charge in [-0.05, 0) is 11.6 Å². The lowest BCUT2D eigenvalue weighted by atomic mass is 10.3. The molecule has 0 amide bonds. The molecule has 0 aromatic carbocycles. The van der Waals surface area contributed by atoms with Crippen LogP contribution in [0.15, 0.2) is 30.7 Å². The van der Waals surface area contributed by atoms with E-state index in [1.165, 1.54) is 0 Å². The zero-order valence-electron chi connectivity index (χ0n) is 10.2. The van der Waals surface area contributed by atoms with Gasteiger partial charge in [0.1, 0.15) is 5.65 Å². The molecule has 6 heteroatoms. The van der Waals surface area contributed by atoms with Crippen LogP contribution in [0.1, 0.15) is 19.4 Å². The normalized spacial score (nSPS) is 11.0. The molecule has 2 rings (SSSR count). The highest BCUT2D eigenvalue weighted by atomic mass is 32.2. The third-order valence-corrected chi connectivity index (χ3v) is 2.66. The fraction of sp³-hybridized carbons (Fsp3) is 0.364. The Balaban J connectivity index is 0.000000686. The molecule has 0 unspecified atom stereocenters. The molecule has 0 aliphatic carbocycles. The van der Waals surface area contributed by atoms with Crippen molar-refractivity contribution in [1.82, 2.24) is 14.1 Å². The van der Waals surface area contributed by atoms with Gasteiger partial charge in [0.15, 0.2) is 0 Å². The van der Waals surface area contributed by atoms with Crippen molar-refractivity contribution in [3.8, 4) is 0 Å². The van der Waals surface area contributed by atoms with Gasteiger partial charge in [0.2, 0.25) is 10.0 Å². The van der Waals surface area contributed by atoms with Gasteiger partial charge in [0, 0.05) is 25.1 Å². The van der Waals surface area contributed by atoms with Gasteiger partial charge in [0.05, 0.1) is 6.26 Å². The van der Waals surface area contributed by atoms with Crippen molar-refractivity contribution in [2.75, 3.05) is 6.26 Å². The van der Waals surface area contributed by atoms with Gasteiger partial charge in [-0.25, -0.2) is 18.1 Å². The largest absolute Gasteiger partial charge is 0.307 e. The summed E-state index contributed by atoms with van der Waals surface area (Å²) >= 11 is 0. The Bertz CT molecular complexity index is 575. The first-order valence-electron chi connectivity index (χ1n) is 5.41. The van der Waals surface area contributed by atoms with Crippen molar-refractivity contribution in [3.05, 3.63) is 36.3 Å². The van der Waals surface area contributed by atoms with Gasteiger partial charge in [-0.2, -0.15) is 0 Å². The van der Waals surface area contributed by atoms with Crippen molar-refractivity contribution in [2.24, 2.45) is 0 Å². The second kappa shape index (κ2) is 5.79. The van der Waals surface area contributed by atoms with E-state index in [-0.39, 0.29) is 0 Å². The van der Waals surface area contributed by atoms with Gasteiger partial charge in [-0.15, -0.1) is 0 Å². The summed E-state index contributed by atoms with van der Waals surface area (Å²) in [5.41, 5.74) is 1.74. The molecule has 2 heterocycles. The van der Waals surface area contributed by atoms with Crippen LogP contribution in [0, 0.1) is 0 Å². The fourth-order valence-electron chi connectivity index (χ4n) is 1.29. The van der Waals surface area contributed by atoms with Crippen molar-refractivity contribution < 1.29 is 8.42 Å². The first-order valence-corrected chi connectivity index (χ1v) is 7.30. The first kappa shape index (κ1) is 13.7. The highest BCUT2D eigenvalue weighted by Gasteiger charge is 2.01. The molecular weight excluding hydrogens is 238 g/mol. The van der Waals surface area contributed by atoms with Crippen LogP contribution in [0.2, 0.25) is 0 Å². The first-order chi connectivity index (χ1) is 8.04. The number of hydrogen-bond donors (Lipinski definition) is 1. The minimum Gasteiger partial charge on any atom is -0.307 e. The zero-order chi connectivity index (χ0) is 12.9. The van der Waals surface area contributed by atoms with Crippen LogP contribution in [0.3, 0.4) is 0 Å². The van der Waals surface area contributed by atoms with Crippen molar-refractivity contribution >= 4 is 15.7 Å². The Labute approximate surface area is 102 Å². The average molecular weight is 255 g/mol.